The highest BCUT2D eigenvalue weighted by molar-refractivity contribution is 7.99. The second kappa shape index (κ2) is 11.2. The molecule has 182 valence electrons. The van der Waals surface area contributed by atoms with Gasteiger partial charge in [0.1, 0.15) is 25.0 Å². The normalized spacial score (nSPS) is 14.8. The van der Waals surface area contributed by atoms with Gasteiger partial charge in [-0.1, -0.05) is 72.7 Å². The van der Waals surface area contributed by atoms with E-state index in [-0.39, 0.29) is 13.2 Å². The molecule has 1 aliphatic rings. The van der Waals surface area contributed by atoms with Gasteiger partial charge in [-0.2, -0.15) is 4.98 Å². The van der Waals surface area contributed by atoms with Crippen LogP contribution >= 0.6 is 35.0 Å². The van der Waals surface area contributed by atoms with E-state index in [4.69, 9.17) is 32.7 Å². The fourth-order valence-electron chi connectivity index (χ4n) is 3.68. The molecule has 2 aromatic carbocycles. The number of halogens is 2. The van der Waals surface area contributed by atoms with Crippen LogP contribution in [0.15, 0.2) is 71.5 Å². The molecule has 1 aliphatic heterocycles. The van der Waals surface area contributed by atoms with Gasteiger partial charge >= 0.3 is 5.97 Å². The SMILES string of the molecule is C=CCOC(=O)C1=C(C)Nc2nc(SCC)nn2C1c1ccc(OCc2c(Cl)cccc2Cl)cc1. The minimum absolute atomic E-state index is 0.112. The highest BCUT2D eigenvalue weighted by atomic mass is 35.5. The van der Waals surface area contributed by atoms with Crippen LogP contribution in [0.3, 0.4) is 0 Å². The van der Waals surface area contributed by atoms with Crippen LogP contribution in [-0.4, -0.2) is 33.1 Å². The van der Waals surface area contributed by atoms with Gasteiger partial charge in [-0.3, -0.25) is 0 Å². The van der Waals surface area contributed by atoms with Gasteiger partial charge in [-0.25, -0.2) is 9.48 Å². The molecular weight excluding hydrogens is 507 g/mol. The van der Waals surface area contributed by atoms with Crippen LogP contribution in [0.1, 0.15) is 31.0 Å². The maximum absolute atomic E-state index is 13.0. The van der Waals surface area contributed by atoms with Crippen LogP contribution in [0, 0.1) is 0 Å². The zero-order chi connectivity index (χ0) is 24.9. The summed E-state index contributed by atoms with van der Waals surface area (Å²) in [6.07, 6.45) is 1.54. The average Bonchev–Trinajstić information content (AvgIpc) is 3.24. The number of carbonyl (C=O) groups is 1. The molecule has 0 radical (unpaired) electrons. The van der Waals surface area contributed by atoms with E-state index in [0.29, 0.717) is 38.2 Å². The van der Waals surface area contributed by atoms with E-state index in [1.54, 1.807) is 22.9 Å². The lowest BCUT2D eigenvalue weighted by Gasteiger charge is -2.28. The van der Waals surface area contributed by atoms with Crippen molar-refractivity contribution < 1.29 is 14.3 Å². The monoisotopic (exact) mass is 530 g/mol. The zero-order valence-electron chi connectivity index (χ0n) is 19.3. The van der Waals surface area contributed by atoms with E-state index < -0.39 is 12.0 Å². The van der Waals surface area contributed by atoms with Crippen molar-refractivity contribution in [2.45, 2.75) is 31.7 Å². The molecule has 0 saturated carbocycles. The summed E-state index contributed by atoms with van der Waals surface area (Å²) in [6, 6.07) is 12.3. The molecule has 0 amide bonds. The number of ether oxygens (including phenoxy) is 2. The van der Waals surface area contributed by atoms with E-state index in [1.165, 1.54) is 17.8 Å². The van der Waals surface area contributed by atoms with Crippen molar-refractivity contribution in [2.24, 2.45) is 0 Å². The third kappa shape index (κ3) is 5.50. The molecule has 4 rings (SSSR count). The summed E-state index contributed by atoms with van der Waals surface area (Å²) in [7, 11) is 0. The van der Waals surface area contributed by atoms with Crippen LogP contribution in [-0.2, 0) is 16.1 Å². The molecule has 0 saturated heterocycles. The van der Waals surface area contributed by atoms with Gasteiger partial charge in [0.05, 0.1) is 5.57 Å². The molecule has 0 fully saturated rings. The Kier molecular flexibility index (Phi) is 8.05. The first-order chi connectivity index (χ1) is 16.9. The summed E-state index contributed by atoms with van der Waals surface area (Å²) in [4.78, 5) is 17.6. The van der Waals surface area contributed by atoms with Gasteiger partial charge in [-0.15, -0.1) is 5.10 Å². The fraction of sp³-hybridized carbons (Fsp3) is 0.240. The van der Waals surface area contributed by atoms with Crippen molar-refractivity contribution in [1.82, 2.24) is 14.8 Å². The Morgan fingerprint density at radius 3 is 2.60 bits per heavy atom. The van der Waals surface area contributed by atoms with Crippen LogP contribution < -0.4 is 10.1 Å². The lowest BCUT2D eigenvalue weighted by Crippen LogP contribution is -2.29. The van der Waals surface area contributed by atoms with Gasteiger partial charge < -0.3 is 14.8 Å². The van der Waals surface area contributed by atoms with Gasteiger partial charge in [0.2, 0.25) is 11.1 Å². The summed E-state index contributed by atoms with van der Waals surface area (Å²) in [5, 5.41) is 9.56. The fourth-order valence-corrected chi connectivity index (χ4v) is 4.74. The summed E-state index contributed by atoms with van der Waals surface area (Å²) in [5.41, 5.74) is 2.66. The van der Waals surface area contributed by atoms with Crippen molar-refractivity contribution in [3.8, 4) is 5.75 Å². The largest absolute Gasteiger partial charge is 0.489 e. The summed E-state index contributed by atoms with van der Waals surface area (Å²) < 4.78 is 13.0. The number of carbonyl (C=O) groups excluding carboxylic acids is 1. The molecule has 1 N–H and O–H groups in total. The Morgan fingerprint density at radius 1 is 1.23 bits per heavy atom. The van der Waals surface area contributed by atoms with Crippen molar-refractivity contribution in [3.05, 3.63) is 87.6 Å². The van der Waals surface area contributed by atoms with Gasteiger partial charge in [0.25, 0.3) is 0 Å². The molecule has 0 bridgehead atoms. The lowest BCUT2D eigenvalue weighted by molar-refractivity contribution is -0.138. The number of nitrogens with zero attached hydrogens (tertiary/aromatic N) is 3. The highest BCUT2D eigenvalue weighted by Crippen LogP contribution is 2.37. The summed E-state index contributed by atoms with van der Waals surface area (Å²) in [6.45, 7) is 7.83. The maximum atomic E-state index is 13.0. The Hall–Kier alpha value is -2.94. The molecule has 7 nitrogen and oxygen atoms in total. The number of fused-ring (bicyclic) bond motifs is 1. The third-order valence-electron chi connectivity index (χ3n) is 5.30. The van der Waals surface area contributed by atoms with E-state index in [2.05, 4.69) is 22.0 Å². The Bertz CT molecular complexity index is 1250. The molecule has 2 heterocycles. The number of allylic oxidation sites excluding steroid dienone is 1. The van der Waals surface area contributed by atoms with Crippen LogP contribution in [0.4, 0.5) is 5.95 Å². The first-order valence-electron chi connectivity index (χ1n) is 10.9. The molecule has 35 heavy (non-hydrogen) atoms. The van der Waals surface area contributed by atoms with Gasteiger partial charge in [0.15, 0.2) is 0 Å². The standard InChI is InChI=1S/C25H24Cl2N4O3S/c1-4-13-33-23(32)21-15(3)28-24-29-25(35-5-2)30-31(24)22(21)16-9-11-17(12-10-16)34-14-18-19(26)7-6-8-20(18)27/h4,6-12,22H,1,5,13-14H2,2-3H3,(H,28,29,30). The average molecular weight is 531 g/mol. The van der Waals surface area contributed by atoms with Crippen molar-refractivity contribution in [1.29, 1.82) is 0 Å². The smallest absolute Gasteiger partial charge is 0.338 e. The molecule has 0 spiro atoms. The number of aromatic nitrogens is 3. The van der Waals surface area contributed by atoms with Crippen molar-refractivity contribution in [3.63, 3.8) is 0 Å². The molecule has 10 heteroatoms. The predicted molar refractivity (Wildman–Crippen MR) is 139 cm³/mol. The summed E-state index contributed by atoms with van der Waals surface area (Å²) >= 11 is 14.0. The van der Waals surface area contributed by atoms with Crippen molar-refractivity contribution in [2.75, 3.05) is 17.7 Å². The van der Waals surface area contributed by atoms with Crippen LogP contribution in [0.5, 0.6) is 5.75 Å². The number of thioether (sulfide) groups is 1. The van der Waals surface area contributed by atoms with Crippen LogP contribution in [0.2, 0.25) is 10.0 Å². The number of nitrogens with one attached hydrogen (secondary N) is 1. The third-order valence-corrected chi connectivity index (χ3v) is 6.73. The zero-order valence-corrected chi connectivity index (χ0v) is 21.6. The number of esters is 1. The highest BCUT2D eigenvalue weighted by Gasteiger charge is 2.35. The number of hydrogen-bond donors (Lipinski definition) is 1. The van der Waals surface area contributed by atoms with Gasteiger partial charge in [-0.05, 0) is 42.5 Å². The molecule has 1 unspecified atom stereocenters. The maximum Gasteiger partial charge on any atom is 0.338 e. The second-order valence-electron chi connectivity index (χ2n) is 7.61. The van der Waals surface area contributed by atoms with Crippen molar-refractivity contribution >= 4 is 46.9 Å². The number of benzene rings is 2. The van der Waals surface area contributed by atoms with E-state index in [9.17, 15) is 4.79 Å². The topological polar surface area (TPSA) is 78.3 Å². The lowest BCUT2D eigenvalue weighted by atomic mass is 9.96. The van der Waals surface area contributed by atoms with E-state index in [1.807, 2.05) is 38.1 Å². The minimum atomic E-state index is -0.519. The Labute approximate surface area is 218 Å². The van der Waals surface area contributed by atoms with E-state index >= 15 is 0 Å². The number of hydrogen-bond acceptors (Lipinski definition) is 7. The second-order valence-corrected chi connectivity index (χ2v) is 9.65. The minimum Gasteiger partial charge on any atom is -0.489 e. The molecule has 1 atom stereocenters. The van der Waals surface area contributed by atoms with E-state index in [0.717, 1.165) is 16.9 Å². The van der Waals surface area contributed by atoms with Crippen LogP contribution in [0.25, 0.3) is 0 Å². The molecular formula is C25H24Cl2N4O3S. The first-order valence-corrected chi connectivity index (χ1v) is 12.7. The number of rotatable bonds is 9. The Morgan fingerprint density at radius 2 is 1.94 bits per heavy atom. The summed E-state index contributed by atoms with van der Waals surface area (Å²) in [5.74, 6) is 1.59. The predicted octanol–water partition coefficient (Wildman–Crippen LogP) is 6.29. The number of anilines is 1. The Balaban J connectivity index is 1.64. The first kappa shape index (κ1) is 25.2. The quantitative estimate of drug-likeness (QED) is 0.197. The van der Waals surface area contributed by atoms with Gasteiger partial charge in [0, 0.05) is 21.3 Å². The molecule has 3 aromatic rings. The molecule has 1 aromatic heterocycles. The molecule has 0 aliphatic carbocycles.